The van der Waals surface area contributed by atoms with Crippen molar-refractivity contribution in [1.82, 2.24) is 20.0 Å². The van der Waals surface area contributed by atoms with Crippen LogP contribution in [0.2, 0.25) is 0 Å². The van der Waals surface area contributed by atoms with Crippen molar-refractivity contribution in [1.29, 1.82) is 0 Å². The predicted molar refractivity (Wildman–Crippen MR) is 129 cm³/mol. The minimum Gasteiger partial charge on any atom is -0.377 e. The number of rotatable bonds is 5. The summed E-state index contributed by atoms with van der Waals surface area (Å²) >= 11 is 0. The van der Waals surface area contributed by atoms with Gasteiger partial charge in [0.1, 0.15) is 0 Å². The van der Waals surface area contributed by atoms with Crippen LogP contribution in [-0.4, -0.2) is 97.5 Å². The average molecular weight is 505 g/mol. The number of hydrogen-bond donors (Lipinski definition) is 0. The molecule has 0 aliphatic carbocycles. The van der Waals surface area contributed by atoms with E-state index in [1.165, 1.54) is 23.1 Å². The Morgan fingerprint density at radius 2 is 1.50 bits per heavy atom. The number of benzene rings is 1. The van der Waals surface area contributed by atoms with Crippen LogP contribution in [0, 0.1) is 0 Å². The van der Waals surface area contributed by atoms with Crippen molar-refractivity contribution < 1.29 is 22.7 Å². The third-order valence-corrected chi connectivity index (χ3v) is 7.17. The van der Waals surface area contributed by atoms with Crippen molar-refractivity contribution in [2.45, 2.75) is 25.1 Å². The molecule has 3 fully saturated rings. The van der Waals surface area contributed by atoms with Gasteiger partial charge in [-0.1, -0.05) is 12.1 Å². The lowest BCUT2D eigenvalue weighted by Crippen LogP contribution is -2.49. The number of alkyl halides is 3. The number of anilines is 2. The number of hydrogen-bond acceptors (Lipinski definition) is 7. The summed E-state index contributed by atoms with van der Waals surface area (Å²) in [6, 6.07) is 8.84. The highest BCUT2D eigenvalue weighted by atomic mass is 19.4. The molecule has 0 radical (unpaired) electrons. The molecule has 11 heteroatoms. The van der Waals surface area contributed by atoms with Crippen LogP contribution in [0.3, 0.4) is 0 Å². The van der Waals surface area contributed by atoms with E-state index in [1.54, 1.807) is 0 Å². The van der Waals surface area contributed by atoms with Crippen LogP contribution < -0.4 is 9.80 Å². The molecule has 1 aromatic carbocycles. The summed E-state index contributed by atoms with van der Waals surface area (Å²) in [6.07, 6.45) is -1.89. The van der Waals surface area contributed by atoms with E-state index >= 15 is 0 Å². The number of amides is 1. The minimum absolute atomic E-state index is 0.307. The van der Waals surface area contributed by atoms with Crippen molar-refractivity contribution in [3.8, 4) is 0 Å². The summed E-state index contributed by atoms with van der Waals surface area (Å²) in [6.45, 7) is 7.20. The average Bonchev–Trinajstić information content (AvgIpc) is 3.42. The first-order valence-corrected chi connectivity index (χ1v) is 12.5. The highest BCUT2D eigenvalue weighted by Gasteiger charge is 2.36. The van der Waals surface area contributed by atoms with E-state index in [0.717, 1.165) is 64.1 Å². The van der Waals surface area contributed by atoms with Gasteiger partial charge in [-0.05, 0) is 37.1 Å². The summed E-state index contributed by atoms with van der Waals surface area (Å²) in [4.78, 5) is 21.0. The van der Waals surface area contributed by atoms with Crippen molar-refractivity contribution in [3.63, 3.8) is 0 Å². The number of piperazine rings is 2. The van der Waals surface area contributed by atoms with E-state index in [1.807, 2.05) is 17.0 Å². The van der Waals surface area contributed by atoms with Gasteiger partial charge >= 0.3 is 6.18 Å². The van der Waals surface area contributed by atoms with Gasteiger partial charge in [0.2, 0.25) is 0 Å². The predicted octanol–water partition coefficient (Wildman–Crippen LogP) is 2.76. The highest BCUT2D eigenvalue weighted by molar-refractivity contribution is 5.96. The number of nitrogens with zero attached hydrogens (tertiary/aromatic N) is 6. The topological polar surface area (TPSA) is 65.0 Å². The molecule has 1 amide bonds. The molecule has 194 valence electrons. The lowest BCUT2D eigenvalue weighted by Gasteiger charge is -2.37. The number of carbonyl (C=O) groups excluding carboxylic acids is 1. The first-order chi connectivity index (χ1) is 17.4. The Bertz CT molecular complexity index is 1030. The van der Waals surface area contributed by atoms with Gasteiger partial charge in [-0.2, -0.15) is 13.2 Å². The molecule has 1 unspecified atom stereocenters. The Labute approximate surface area is 208 Å². The van der Waals surface area contributed by atoms with Crippen LogP contribution in [0.15, 0.2) is 36.4 Å². The SMILES string of the molecule is O=C(c1ccccc1C(F)(F)F)N1CCN(c2ccc(N3CCN(CC4CCCO4)CC3)nn2)CC1. The largest absolute Gasteiger partial charge is 0.417 e. The molecule has 3 aliphatic rings. The third-order valence-electron chi connectivity index (χ3n) is 7.17. The second kappa shape index (κ2) is 10.6. The molecule has 0 bridgehead atoms. The quantitative estimate of drug-likeness (QED) is 0.621. The lowest BCUT2D eigenvalue weighted by atomic mass is 10.1. The second-order valence-electron chi connectivity index (χ2n) is 9.50. The molecule has 1 aromatic heterocycles. The van der Waals surface area contributed by atoms with Crippen molar-refractivity contribution in [3.05, 3.63) is 47.5 Å². The van der Waals surface area contributed by atoms with Gasteiger partial charge in [0.05, 0.1) is 17.2 Å². The molecule has 36 heavy (non-hydrogen) atoms. The summed E-state index contributed by atoms with van der Waals surface area (Å²) in [5.41, 5.74) is -1.20. The fourth-order valence-electron chi connectivity index (χ4n) is 5.12. The van der Waals surface area contributed by atoms with Gasteiger partial charge in [-0.3, -0.25) is 9.69 Å². The maximum Gasteiger partial charge on any atom is 0.417 e. The van der Waals surface area contributed by atoms with Gasteiger partial charge in [0.15, 0.2) is 11.6 Å². The number of aromatic nitrogens is 2. The van der Waals surface area contributed by atoms with E-state index in [2.05, 4.69) is 20.0 Å². The molecule has 3 saturated heterocycles. The fourth-order valence-corrected chi connectivity index (χ4v) is 5.12. The lowest BCUT2D eigenvalue weighted by molar-refractivity contribution is -0.138. The van der Waals surface area contributed by atoms with Crippen LogP contribution >= 0.6 is 0 Å². The molecular formula is C25H31F3N6O2. The Balaban J connectivity index is 1.13. The molecule has 0 saturated carbocycles. The Morgan fingerprint density at radius 1 is 0.889 bits per heavy atom. The van der Waals surface area contributed by atoms with Crippen LogP contribution in [0.4, 0.5) is 24.8 Å². The summed E-state index contributed by atoms with van der Waals surface area (Å²) in [5.74, 6) is 0.953. The maximum absolute atomic E-state index is 13.3. The zero-order valence-electron chi connectivity index (χ0n) is 20.2. The number of halogens is 3. The molecule has 0 spiro atoms. The van der Waals surface area contributed by atoms with Crippen molar-refractivity contribution in [2.75, 3.05) is 75.3 Å². The monoisotopic (exact) mass is 504 g/mol. The van der Waals surface area contributed by atoms with Gasteiger partial charge in [-0.25, -0.2) is 0 Å². The van der Waals surface area contributed by atoms with E-state index in [9.17, 15) is 18.0 Å². The molecule has 2 aromatic rings. The molecule has 4 heterocycles. The Kier molecular flexibility index (Phi) is 7.29. The van der Waals surface area contributed by atoms with Crippen LogP contribution in [0.5, 0.6) is 0 Å². The van der Waals surface area contributed by atoms with E-state index in [-0.39, 0.29) is 5.56 Å². The van der Waals surface area contributed by atoms with E-state index in [4.69, 9.17) is 4.74 Å². The summed E-state index contributed by atoms with van der Waals surface area (Å²) in [7, 11) is 0. The highest BCUT2D eigenvalue weighted by Crippen LogP contribution is 2.32. The van der Waals surface area contributed by atoms with E-state index in [0.29, 0.717) is 38.1 Å². The maximum atomic E-state index is 13.3. The fraction of sp³-hybridized carbons (Fsp3) is 0.560. The standard InChI is InChI=1S/C25H31F3N6O2/c26-25(27,28)21-6-2-1-5-20(21)24(35)34-15-13-33(14-16-34)23-8-7-22(29-30-23)32-11-9-31(10-12-32)18-19-4-3-17-36-19/h1-2,5-8,19H,3-4,9-18H2. The van der Waals surface area contributed by atoms with E-state index < -0.39 is 17.6 Å². The van der Waals surface area contributed by atoms with Gasteiger partial charge < -0.3 is 19.4 Å². The minimum atomic E-state index is -4.57. The zero-order chi connectivity index (χ0) is 25.1. The zero-order valence-corrected chi connectivity index (χ0v) is 20.2. The van der Waals surface area contributed by atoms with Gasteiger partial charge in [-0.15, -0.1) is 10.2 Å². The molecule has 3 aliphatic heterocycles. The van der Waals surface area contributed by atoms with Crippen LogP contribution in [0.25, 0.3) is 0 Å². The smallest absolute Gasteiger partial charge is 0.377 e. The molecule has 8 nitrogen and oxygen atoms in total. The third kappa shape index (κ3) is 5.57. The first-order valence-electron chi connectivity index (χ1n) is 12.5. The number of carbonyl (C=O) groups is 1. The molecule has 0 N–H and O–H groups in total. The molecule has 1 atom stereocenters. The van der Waals surface area contributed by atoms with Crippen LogP contribution in [-0.2, 0) is 10.9 Å². The number of ether oxygens (including phenoxy) is 1. The van der Waals surface area contributed by atoms with Gasteiger partial charge in [0, 0.05) is 65.5 Å². The summed E-state index contributed by atoms with van der Waals surface area (Å²) < 4.78 is 45.7. The van der Waals surface area contributed by atoms with Crippen LogP contribution in [0.1, 0.15) is 28.8 Å². The Morgan fingerprint density at radius 3 is 2.06 bits per heavy atom. The normalized spacial score (nSPS) is 21.8. The first kappa shape index (κ1) is 24.8. The van der Waals surface area contributed by atoms with Crippen molar-refractivity contribution in [2.24, 2.45) is 0 Å². The molecule has 5 rings (SSSR count). The van der Waals surface area contributed by atoms with Gasteiger partial charge in [0.25, 0.3) is 5.91 Å². The summed E-state index contributed by atoms with van der Waals surface area (Å²) in [5, 5.41) is 8.83. The molecular weight excluding hydrogens is 473 g/mol. The second-order valence-corrected chi connectivity index (χ2v) is 9.50. The Hall–Kier alpha value is -2.92. The van der Waals surface area contributed by atoms with Crippen molar-refractivity contribution >= 4 is 17.5 Å².